The maximum atomic E-state index is 11.6. The standard InChI is InChI=1S/C9H19O4P/c1-3-4-5-6-14(12,13)8(2)7-9(10)11/h8H,3-7H2,1-2H3,(H,10,11)(H,12,13). The predicted molar refractivity (Wildman–Crippen MR) is 55.9 cm³/mol. The van der Waals surface area contributed by atoms with Crippen molar-refractivity contribution in [3.05, 3.63) is 0 Å². The summed E-state index contributed by atoms with van der Waals surface area (Å²) in [6.07, 6.45) is 2.64. The van der Waals surface area contributed by atoms with Gasteiger partial charge >= 0.3 is 5.97 Å². The van der Waals surface area contributed by atoms with Crippen molar-refractivity contribution in [3.8, 4) is 0 Å². The summed E-state index contributed by atoms with van der Waals surface area (Å²) < 4.78 is 11.6. The molecule has 2 atom stereocenters. The van der Waals surface area contributed by atoms with E-state index in [0.29, 0.717) is 6.42 Å². The van der Waals surface area contributed by atoms with Crippen LogP contribution in [0.2, 0.25) is 0 Å². The van der Waals surface area contributed by atoms with Crippen molar-refractivity contribution in [2.24, 2.45) is 0 Å². The molecule has 0 heterocycles. The maximum Gasteiger partial charge on any atom is 0.304 e. The smallest absolute Gasteiger partial charge is 0.304 e. The maximum absolute atomic E-state index is 11.6. The van der Waals surface area contributed by atoms with Crippen LogP contribution in [-0.4, -0.2) is 27.8 Å². The van der Waals surface area contributed by atoms with Crippen molar-refractivity contribution in [1.82, 2.24) is 0 Å². The van der Waals surface area contributed by atoms with E-state index >= 15 is 0 Å². The molecule has 0 amide bonds. The fraction of sp³-hybridized carbons (Fsp3) is 0.889. The van der Waals surface area contributed by atoms with E-state index in [0.717, 1.165) is 12.8 Å². The Hall–Kier alpha value is -0.340. The number of unbranched alkanes of at least 4 members (excludes halogenated alkanes) is 2. The lowest BCUT2D eigenvalue weighted by Crippen LogP contribution is -2.12. The van der Waals surface area contributed by atoms with Crippen molar-refractivity contribution < 1.29 is 19.4 Å². The lowest BCUT2D eigenvalue weighted by molar-refractivity contribution is -0.137. The molecule has 84 valence electrons. The highest BCUT2D eigenvalue weighted by Gasteiger charge is 2.27. The minimum absolute atomic E-state index is 0.222. The first-order chi connectivity index (χ1) is 6.40. The summed E-state index contributed by atoms with van der Waals surface area (Å²) in [6, 6.07) is 0. The molecule has 0 radical (unpaired) electrons. The number of hydrogen-bond donors (Lipinski definition) is 2. The molecular weight excluding hydrogens is 203 g/mol. The first-order valence-electron chi connectivity index (χ1n) is 4.93. The van der Waals surface area contributed by atoms with E-state index < -0.39 is 19.0 Å². The van der Waals surface area contributed by atoms with Gasteiger partial charge in [-0.25, -0.2) is 0 Å². The van der Waals surface area contributed by atoms with Gasteiger partial charge in [0.2, 0.25) is 7.37 Å². The highest BCUT2D eigenvalue weighted by molar-refractivity contribution is 7.58. The zero-order valence-corrected chi connectivity index (χ0v) is 9.67. The number of carbonyl (C=O) groups is 1. The summed E-state index contributed by atoms with van der Waals surface area (Å²) in [5.74, 6) is -1.01. The molecular formula is C9H19O4P. The van der Waals surface area contributed by atoms with Crippen LogP contribution in [0.15, 0.2) is 0 Å². The Balaban J connectivity index is 4.03. The summed E-state index contributed by atoms with van der Waals surface area (Å²) in [4.78, 5) is 19.9. The molecule has 0 aliphatic rings. The molecule has 0 saturated carbocycles. The van der Waals surface area contributed by atoms with E-state index in [4.69, 9.17) is 5.11 Å². The molecule has 2 unspecified atom stereocenters. The van der Waals surface area contributed by atoms with Gasteiger partial charge in [-0.2, -0.15) is 0 Å². The Morgan fingerprint density at radius 1 is 1.43 bits per heavy atom. The van der Waals surface area contributed by atoms with Crippen LogP contribution in [-0.2, 0) is 9.36 Å². The van der Waals surface area contributed by atoms with Crippen LogP contribution in [0.1, 0.15) is 39.5 Å². The topological polar surface area (TPSA) is 74.6 Å². The van der Waals surface area contributed by atoms with Gasteiger partial charge in [0, 0.05) is 11.8 Å². The number of aliphatic carboxylic acids is 1. The average molecular weight is 222 g/mol. The average Bonchev–Trinajstić information content (AvgIpc) is 2.03. The zero-order chi connectivity index (χ0) is 11.2. The van der Waals surface area contributed by atoms with Gasteiger partial charge < -0.3 is 10.00 Å². The van der Waals surface area contributed by atoms with Gasteiger partial charge in [0.25, 0.3) is 0 Å². The third-order valence-electron chi connectivity index (χ3n) is 2.24. The van der Waals surface area contributed by atoms with Crippen molar-refractivity contribution in [3.63, 3.8) is 0 Å². The van der Waals surface area contributed by atoms with E-state index in [1.54, 1.807) is 0 Å². The zero-order valence-electron chi connectivity index (χ0n) is 8.77. The summed E-state index contributed by atoms with van der Waals surface area (Å²) in [5.41, 5.74) is -0.628. The van der Waals surface area contributed by atoms with Crippen molar-refractivity contribution in [1.29, 1.82) is 0 Å². The molecule has 0 fully saturated rings. The summed E-state index contributed by atoms with van der Waals surface area (Å²) in [5, 5.41) is 8.49. The van der Waals surface area contributed by atoms with Gasteiger partial charge in [0.05, 0.1) is 6.42 Å². The fourth-order valence-electron chi connectivity index (χ4n) is 1.20. The molecule has 4 nitrogen and oxygen atoms in total. The molecule has 0 aromatic heterocycles. The van der Waals surface area contributed by atoms with Gasteiger partial charge in [-0.1, -0.05) is 26.7 Å². The van der Waals surface area contributed by atoms with E-state index in [2.05, 4.69) is 0 Å². The van der Waals surface area contributed by atoms with Crippen molar-refractivity contribution in [2.45, 2.75) is 45.2 Å². The van der Waals surface area contributed by atoms with Gasteiger partial charge in [-0.05, 0) is 6.42 Å². The minimum Gasteiger partial charge on any atom is -0.481 e. The SMILES string of the molecule is CCCCCP(=O)(O)C(C)CC(=O)O. The number of rotatable bonds is 7. The van der Waals surface area contributed by atoms with Crippen LogP contribution in [0.25, 0.3) is 0 Å². The van der Waals surface area contributed by atoms with E-state index in [1.807, 2.05) is 6.92 Å². The highest BCUT2D eigenvalue weighted by atomic mass is 31.2. The van der Waals surface area contributed by atoms with E-state index in [-0.39, 0.29) is 12.6 Å². The summed E-state index contributed by atoms with van der Waals surface area (Å²) >= 11 is 0. The first-order valence-corrected chi connectivity index (χ1v) is 6.84. The molecule has 0 rings (SSSR count). The van der Waals surface area contributed by atoms with Gasteiger partial charge in [0.15, 0.2) is 0 Å². The molecule has 0 aromatic carbocycles. The van der Waals surface area contributed by atoms with E-state index in [9.17, 15) is 14.3 Å². The number of carboxylic acid groups (broad SMARTS) is 1. The Labute approximate surface area is 84.8 Å². The van der Waals surface area contributed by atoms with E-state index in [1.165, 1.54) is 6.92 Å². The van der Waals surface area contributed by atoms with Gasteiger partial charge in [-0.3, -0.25) is 9.36 Å². The largest absolute Gasteiger partial charge is 0.481 e. The van der Waals surface area contributed by atoms with Crippen molar-refractivity contribution >= 4 is 13.3 Å². The van der Waals surface area contributed by atoms with Crippen molar-refractivity contribution in [2.75, 3.05) is 6.16 Å². The molecule has 0 aliphatic carbocycles. The first kappa shape index (κ1) is 13.7. The lowest BCUT2D eigenvalue weighted by Gasteiger charge is -2.17. The molecule has 0 bridgehead atoms. The molecule has 2 N–H and O–H groups in total. The highest BCUT2D eigenvalue weighted by Crippen LogP contribution is 2.48. The molecule has 0 aliphatic heterocycles. The van der Waals surface area contributed by atoms with Crippen LogP contribution in [0.5, 0.6) is 0 Å². The Morgan fingerprint density at radius 2 is 2.00 bits per heavy atom. The quantitative estimate of drug-likeness (QED) is 0.512. The third kappa shape index (κ3) is 5.40. The minimum atomic E-state index is -3.25. The molecule has 14 heavy (non-hydrogen) atoms. The number of carboxylic acids is 1. The van der Waals surface area contributed by atoms with Crippen LogP contribution in [0.4, 0.5) is 0 Å². The van der Waals surface area contributed by atoms with Crippen LogP contribution in [0.3, 0.4) is 0 Å². The van der Waals surface area contributed by atoms with Crippen LogP contribution >= 0.6 is 7.37 Å². The number of hydrogen-bond acceptors (Lipinski definition) is 2. The third-order valence-corrected chi connectivity index (χ3v) is 4.76. The molecule has 0 spiro atoms. The Bertz CT molecular complexity index is 227. The summed E-state index contributed by atoms with van der Waals surface area (Å²) in [6.45, 7) is 3.55. The Morgan fingerprint density at radius 3 is 2.43 bits per heavy atom. The van der Waals surface area contributed by atoms with Gasteiger partial charge in [0.1, 0.15) is 0 Å². The second-order valence-electron chi connectivity index (χ2n) is 3.63. The Kier molecular flexibility index (Phi) is 6.05. The molecule has 0 aromatic rings. The predicted octanol–water partition coefficient (Wildman–Crippen LogP) is 2.31. The monoisotopic (exact) mass is 222 g/mol. The van der Waals surface area contributed by atoms with Gasteiger partial charge in [-0.15, -0.1) is 0 Å². The summed E-state index contributed by atoms with van der Waals surface area (Å²) in [7, 11) is -3.25. The molecule has 5 heteroatoms. The normalized spacial score (nSPS) is 17.4. The van der Waals surface area contributed by atoms with Crippen LogP contribution in [0, 0.1) is 0 Å². The fourth-order valence-corrected chi connectivity index (χ4v) is 2.76. The lowest BCUT2D eigenvalue weighted by atomic mass is 10.3. The molecule has 0 saturated heterocycles. The second kappa shape index (κ2) is 6.20. The van der Waals surface area contributed by atoms with Crippen LogP contribution < -0.4 is 0 Å². The second-order valence-corrected chi connectivity index (χ2v) is 6.47.